The fourth-order valence-corrected chi connectivity index (χ4v) is 5.02. The second kappa shape index (κ2) is 6.49. The van der Waals surface area contributed by atoms with Gasteiger partial charge in [0.05, 0.1) is 5.41 Å². The predicted molar refractivity (Wildman–Crippen MR) is 118 cm³/mol. The molecule has 0 heteroatoms. The van der Waals surface area contributed by atoms with E-state index in [9.17, 15) is 0 Å². The van der Waals surface area contributed by atoms with E-state index in [1.165, 1.54) is 38.9 Å². The highest BCUT2D eigenvalue weighted by atomic mass is 14.5. The normalized spacial score (nSPS) is 14.0. The SMILES string of the molecule is CC(C)c1ccccc1C1(c2ccccc2)c2ccccc2-c2ccccc21. The van der Waals surface area contributed by atoms with Crippen molar-refractivity contribution in [3.63, 3.8) is 0 Å². The predicted octanol–water partition coefficient (Wildman–Crippen LogP) is 7.17. The molecule has 0 spiro atoms. The van der Waals surface area contributed by atoms with Crippen molar-refractivity contribution in [1.29, 1.82) is 0 Å². The van der Waals surface area contributed by atoms with E-state index in [0.717, 1.165) is 0 Å². The smallest absolute Gasteiger partial charge is 0.0622 e. The number of hydrogen-bond donors (Lipinski definition) is 0. The molecule has 1 aliphatic rings. The van der Waals surface area contributed by atoms with Gasteiger partial charge in [0.2, 0.25) is 0 Å². The molecule has 4 aromatic carbocycles. The minimum Gasteiger partial charge on any atom is -0.0622 e. The third kappa shape index (κ3) is 2.24. The van der Waals surface area contributed by atoms with E-state index in [1.54, 1.807) is 0 Å². The second-order valence-corrected chi connectivity index (χ2v) is 7.95. The van der Waals surface area contributed by atoms with Crippen LogP contribution in [0.15, 0.2) is 103 Å². The first-order valence-electron chi connectivity index (χ1n) is 10.1. The number of fused-ring (bicyclic) bond motifs is 3. The molecule has 0 radical (unpaired) electrons. The summed E-state index contributed by atoms with van der Waals surface area (Å²) in [4.78, 5) is 0. The molecule has 136 valence electrons. The Morgan fingerprint density at radius 3 is 1.54 bits per heavy atom. The van der Waals surface area contributed by atoms with Crippen LogP contribution in [-0.2, 0) is 5.41 Å². The Kier molecular flexibility index (Phi) is 3.94. The van der Waals surface area contributed by atoms with Crippen LogP contribution in [0.1, 0.15) is 47.6 Å². The summed E-state index contributed by atoms with van der Waals surface area (Å²) >= 11 is 0. The van der Waals surface area contributed by atoms with Gasteiger partial charge in [-0.15, -0.1) is 0 Å². The fourth-order valence-electron chi connectivity index (χ4n) is 5.02. The first-order chi connectivity index (χ1) is 13.7. The first-order valence-corrected chi connectivity index (χ1v) is 10.1. The lowest BCUT2D eigenvalue weighted by atomic mass is 9.65. The Labute approximate surface area is 167 Å². The molecule has 0 bridgehead atoms. The molecule has 0 saturated carbocycles. The maximum atomic E-state index is 2.33. The van der Waals surface area contributed by atoms with Gasteiger partial charge >= 0.3 is 0 Å². The van der Waals surface area contributed by atoms with Crippen molar-refractivity contribution in [1.82, 2.24) is 0 Å². The van der Waals surface area contributed by atoms with Gasteiger partial charge in [-0.3, -0.25) is 0 Å². The standard InChI is InChI=1S/C28H24/c1-20(2)22-14-6-9-17-25(22)28(21-12-4-3-5-13-21)26-18-10-7-15-23(26)24-16-8-11-19-27(24)28/h3-20H,1-2H3. The molecule has 0 amide bonds. The van der Waals surface area contributed by atoms with Crippen LogP contribution < -0.4 is 0 Å². The molecule has 4 aromatic rings. The molecular weight excluding hydrogens is 336 g/mol. The molecule has 0 fully saturated rings. The molecule has 0 N–H and O–H groups in total. The van der Waals surface area contributed by atoms with E-state index in [4.69, 9.17) is 0 Å². The van der Waals surface area contributed by atoms with Gasteiger partial charge in [-0.25, -0.2) is 0 Å². The third-order valence-electron chi connectivity index (χ3n) is 6.15. The van der Waals surface area contributed by atoms with Crippen molar-refractivity contribution in [3.8, 4) is 11.1 Å². The van der Waals surface area contributed by atoms with E-state index < -0.39 is 0 Å². The molecule has 0 aromatic heterocycles. The maximum absolute atomic E-state index is 2.33. The largest absolute Gasteiger partial charge is 0.0716 e. The van der Waals surface area contributed by atoms with Crippen LogP contribution in [0.3, 0.4) is 0 Å². The van der Waals surface area contributed by atoms with Gasteiger partial charge in [-0.2, -0.15) is 0 Å². The Bertz CT molecular complexity index is 1090. The summed E-state index contributed by atoms with van der Waals surface area (Å²) in [5, 5.41) is 0. The third-order valence-corrected chi connectivity index (χ3v) is 6.15. The highest BCUT2D eigenvalue weighted by molar-refractivity contribution is 5.86. The number of hydrogen-bond acceptors (Lipinski definition) is 0. The second-order valence-electron chi connectivity index (χ2n) is 7.95. The zero-order chi connectivity index (χ0) is 19.1. The van der Waals surface area contributed by atoms with E-state index in [0.29, 0.717) is 5.92 Å². The molecule has 5 rings (SSSR count). The van der Waals surface area contributed by atoms with Gasteiger partial charge in [0.25, 0.3) is 0 Å². The lowest BCUT2D eigenvalue weighted by Gasteiger charge is -2.36. The molecule has 0 nitrogen and oxygen atoms in total. The van der Waals surface area contributed by atoms with Crippen molar-refractivity contribution in [2.45, 2.75) is 25.2 Å². The maximum Gasteiger partial charge on any atom is 0.0716 e. The van der Waals surface area contributed by atoms with Crippen molar-refractivity contribution in [2.24, 2.45) is 0 Å². The van der Waals surface area contributed by atoms with Gasteiger partial charge in [-0.1, -0.05) is 117 Å². The van der Waals surface area contributed by atoms with E-state index in [1.807, 2.05) is 0 Å². The van der Waals surface area contributed by atoms with Gasteiger partial charge in [-0.05, 0) is 44.9 Å². The molecule has 0 aliphatic heterocycles. The van der Waals surface area contributed by atoms with E-state index in [-0.39, 0.29) is 5.41 Å². The van der Waals surface area contributed by atoms with Crippen LogP contribution in [-0.4, -0.2) is 0 Å². The summed E-state index contributed by atoms with van der Waals surface area (Å²) in [6, 6.07) is 37.9. The van der Waals surface area contributed by atoms with E-state index >= 15 is 0 Å². The Morgan fingerprint density at radius 1 is 0.500 bits per heavy atom. The zero-order valence-corrected chi connectivity index (χ0v) is 16.4. The highest BCUT2D eigenvalue weighted by Crippen LogP contribution is 2.56. The van der Waals surface area contributed by atoms with Crippen LogP contribution in [0.4, 0.5) is 0 Å². The molecular formula is C28H24. The Hall–Kier alpha value is -3.12. The van der Waals surface area contributed by atoms with E-state index in [2.05, 4.69) is 117 Å². The number of rotatable bonds is 3. The van der Waals surface area contributed by atoms with Gasteiger partial charge in [0.1, 0.15) is 0 Å². The van der Waals surface area contributed by atoms with Crippen molar-refractivity contribution in [2.75, 3.05) is 0 Å². The molecule has 0 heterocycles. The molecule has 1 aliphatic carbocycles. The Morgan fingerprint density at radius 2 is 0.964 bits per heavy atom. The van der Waals surface area contributed by atoms with Gasteiger partial charge in [0.15, 0.2) is 0 Å². The van der Waals surface area contributed by atoms with Crippen LogP contribution in [0.25, 0.3) is 11.1 Å². The van der Waals surface area contributed by atoms with Crippen molar-refractivity contribution < 1.29 is 0 Å². The van der Waals surface area contributed by atoms with Crippen molar-refractivity contribution in [3.05, 3.63) is 131 Å². The topological polar surface area (TPSA) is 0 Å². The summed E-state index contributed by atoms with van der Waals surface area (Å²) in [6.45, 7) is 4.59. The summed E-state index contributed by atoms with van der Waals surface area (Å²) in [5.41, 5.74) is 9.33. The molecule has 0 saturated heterocycles. The summed E-state index contributed by atoms with van der Waals surface area (Å²) in [5.74, 6) is 0.455. The molecule has 0 unspecified atom stereocenters. The summed E-state index contributed by atoms with van der Waals surface area (Å²) in [6.07, 6.45) is 0. The Balaban J connectivity index is 1.99. The lowest BCUT2D eigenvalue weighted by molar-refractivity contribution is 0.730. The zero-order valence-electron chi connectivity index (χ0n) is 16.4. The van der Waals surface area contributed by atoms with Crippen molar-refractivity contribution >= 4 is 0 Å². The quantitative estimate of drug-likeness (QED) is 0.320. The minimum atomic E-state index is -0.282. The average molecular weight is 361 g/mol. The van der Waals surface area contributed by atoms with Gasteiger partial charge in [0, 0.05) is 0 Å². The monoisotopic (exact) mass is 360 g/mol. The van der Waals surface area contributed by atoms with Crippen LogP contribution in [0.5, 0.6) is 0 Å². The first kappa shape index (κ1) is 17.0. The lowest BCUT2D eigenvalue weighted by Crippen LogP contribution is -2.30. The molecule has 28 heavy (non-hydrogen) atoms. The fraction of sp³-hybridized carbons (Fsp3) is 0.143. The summed E-state index contributed by atoms with van der Waals surface area (Å²) < 4.78 is 0. The number of benzene rings is 4. The average Bonchev–Trinajstić information content (AvgIpc) is 3.06. The summed E-state index contributed by atoms with van der Waals surface area (Å²) in [7, 11) is 0. The van der Waals surface area contributed by atoms with Crippen LogP contribution in [0, 0.1) is 0 Å². The highest BCUT2D eigenvalue weighted by Gasteiger charge is 2.46. The van der Waals surface area contributed by atoms with Crippen LogP contribution in [0.2, 0.25) is 0 Å². The molecule has 0 atom stereocenters. The minimum absolute atomic E-state index is 0.282. The van der Waals surface area contributed by atoms with Gasteiger partial charge < -0.3 is 0 Å². The van der Waals surface area contributed by atoms with Crippen LogP contribution >= 0.6 is 0 Å².